The molecule has 1 aliphatic heterocycles. The zero-order valence-corrected chi connectivity index (χ0v) is 12.2. The van der Waals surface area contributed by atoms with Crippen LogP contribution < -0.4 is 5.32 Å². The molecule has 0 saturated carbocycles. The van der Waals surface area contributed by atoms with Gasteiger partial charge in [-0.05, 0) is 48.7 Å². The zero-order valence-electron chi connectivity index (χ0n) is 12.2. The highest BCUT2D eigenvalue weighted by Gasteiger charge is 2.36. The average Bonchev–Trinajstić information content (AvgIpc) is 2.96. The lowest BCUT2D eigenvalue weighted by molar-refractivity contribution is 0.404. The van der Waals surface area contributed by atoms with Crippen LogP contribution in [0.1, 0.15) is 31.7 Å². The number of aromatic nitrogens is 1. The van der Waals surface area contributed by atoms with E-state index in [0.29, 0.717) is 0 Å². The van der Waals surface area contributed by atoms with Gasteiger partial charge < -0.3 is 5.32 Å². The van der Waals surface area contributed by atoms with Crippen molar-refractivity contribution in [2.45, 2.75) is 26.2 Å². The summed E-state index contributed by atoms with van der Waals surface area (Å²) in [6.45, 7) is 8.87. The molecule has 0 amide bonds. The third-order valence-corrected chi connectivity index (χ3v) is 4.56. The number of hydrogen-bond donors (Lipinski definition) is 1. The van der Waals surface area contributed by atoms with E-state index in [1.165, 1.54) is 35.8 Å². The molecule has 0 radical (unpaired) electrons. The van der Waals surface area contributed by atoms with Crippen LogP contribution in [0.4, 0.5) is 0 Å². The van der Waals surface area contributed by atoms with Gasteiger partial charge in [0.2, 0.25) is 0 Å². The van der Waals surface area contributed by atoms with Crippen molar-refractivity contribution in [1.29, 1.82) is 0 Å². The van der Waals surface area contributed by atoms with Crippen LogP contribution in [-0.4, -0.2) is 18.1 Å². The molecule has 1 N–H and O–H groups in total. The van der Waals surface area contributed by atoms with Gasteiger partial charge in [-0.1, -0.05) is 32.1 Å². The molecule has 1 atom stereocenters. The highest BCUT2D eigenvalue weighted by molar-refractivity contribution is 5.84. The Labute approximate surface area is 120 Å². The molecule has 104 valence electrons. The minimum atomic E-state index is 0.241. The summed E-state index contributed by atoms with van der Waals surface area (Å²) in [6.07, 6.45) is 5.46. The van der Waals surface area contributed by atoms with E-state index in [1.807, 2.05) is 12.3 Å². The first-order valence-electron chi connectivity index (χ1n) is 7.50. The molecule has 2 heterocycles. The van der Waals surface area contributed by atoms with Crippen LogP contribution in [0.25, 0.3) is 16.5 Å². The Hall–Kier alpha value is -1.67. The molecule has 3 rings (SSSR count). The summed E-state index contributed by atoms with van der Waals surface area (Å²) in [7, 11) is 0. The Bertz CT molecular complexity index is 624. The fourth-order valence-electron chi connectivity index (χ4n) is 3.41. The van der Waals surface area contributed by atoms with Crippen molar-refractivity contribution >= 4 is 16.5 Å². The van der Waals surface area contributed by atoms with Crippen LogP contribution in [0.5, 0.6) is 0 Å². The lowest BCUT2D eigenvalue weighted by atomic mass is 9.73. The summed E-state index contributed by atoms with van der Waals surface area (Å²) in [5.41, 5.74) is 3.85. The average molecular weight is 266 g/mol. The van der Waals surface area contributed by atoms with Gasteiger partial charge >= 0.3 is 0 Å². The van der Waals surface area contributed by atoms with E-state index in [4.69, 9.17) is 0 Å². The second-order valence-corrected chi connectivity index (χ2v) is 5.85. The summed E-state index contributed by atoms with van der Waals surface area (Å²) in [6, 6.07) is 10.6. The van der Waals surface area contributed by atoms with E-state index in [9.17, 15) is 0 Å². The number of benzene rings is 1. The number of rotatable bonds is 4. The van der Waals surface area contributed by atoms with Crippen molar-refractivity contribution in [2.24, 2.45) is 5.41 Å². The number of hydrogen-bond acceptors (Lipinski definition) is 2. The number of nitrogens with zero attached hydrogens (tertiary/aromatic N) is 1. The summed E-state index contributed by atoms with van der Waals surface area (Å²) in [5.74, 6) is 0. The minimum Gasteiger partial charge on any atom is -0.316 e. The van der Waals surface area contributed by atoms with Crippen LogP contribution in [0.3, 0.4) is 0 Å². The van der Waals surface area contributed by atoms with Gasteiger partial charge in [-0.2, -0.15) is 0 Å². The van der Waals surface area contributed by atoms with Gasteiger partial charge in [0, 0.05) is 23.5 Å². The SMILES string of the molecule is C=C(c1ccc2ncccc2c1)C1(CCC)CCNC1. The van der Waals surface area contributed by atoms with Gasteiger partial charge in [0.25, 0.3) is 0 Å². The highest BCUT2D eigenvalue weighted by atomic mass is 14.9. The van der Waals surface area contributed by atoms with Gasteiger partial charge in [-0.15, -0.1) is 0 Å². The van der Waals surface area contributed by atoms with E-state index in [-0.39, 0.29) is 5.41 Å². The summed E-state index contributed by atoms with van der Waals surface area (Å²) in [4.78, 5) is 4.39. The van der Waals surface area contributed by atoms with Crippen molar-refractivity contribution in [1.82, 2.24) is 10.3 Å². The topological polar surface area (TPSA) is 24.9 Å². The molecule has 1 aliphatic rings. The quantitative estimate of drug-likeness (QED) is 0.903. The third kappa shape index (κ3) is 2.25. The molecule has 1 unspecified atom stereocenters. The van der Waals surface area contributed by atoms with Gasteiger partial charge in [-0.25, -0.2) is 0 Å². The molecular formula is C18H22N2. The largest absolute Gasteiger partial charge is 0.316 e. The van der Waals surface area contributed by atoms with Crippen molar-refractivity contribution in [3.8, 4) is 0 Å². The first-order valence-corrected chi connectivity index (χ1v) is 7.50. The van der Waals surface area contributed by atoms with E-state index >= 15 is 0 Å². The van der Waals surface area contributed by atoms with Crippen LogP contribution >= 0.6 is 0 Å². The lowest BCUT2D eigenvalue weighted by Gasteiger charge is -2.31. The Kier molecular flexibility index (Phi) is 3.58. The zero-order chi connectivity index (χ0) is 14.0. The maximum atomic E-state index is 4.44. The Morgan fingerprint density at radius 2 is 2.30 bits per heavy atom. The molecule has 1 fully saturated rings. The molecule has 1 aromatic carbocycles. The van der Waals surface area contributed by atoms with E-state index in [2.05, 4.69) is 48.1 Å². The molecule has 2 aromatic rings. The molecule has 2 nitrogen and oxygen atoms in total. The third-order valence-electron chi connectivity index (χ3n) is 4.56. The Morgan fingerprint density at radius 3 is 3.05 bits per heavy atom. The van der Waals surface area contributed by atoms with Crippen LogP contribution in [0.2, 0.25) is 0 Å². The molecule has 0 aliphatic carbocycles. The van der Waals surface area contributed by atoms with E-state index < -0.39 is 0 Å². The van der Waals surface area contributed by atoms with Crippen LogP contribution in [0, 0.1) is 5.41 Å². The first-order chi connectivity index (χ1) is 9.75. The highest BCUT2D eigenvalue weighted by Crippen LogP contribution is 2.43. The van der Waals surface area contributed by atoms with Crippen LogP contribution in [0.15, 0.2) is 43.1 Å². The second-order valence-electron chi connectivity index (χ2n) is 5.85. The van der Waals surface area contributed by atoms with Crippen LogP contribution in [-0.2, 0) is 0 Å². The second kappa shape index (κ2) is 5.37. The van der Waals surface area contributed by atoms with Gasteiger partial charge in [0.15, 0.2) is 0 Å². The monoisotopic (exact) mass is 266 g/mol. The summed E-state index contributed by atoms with van der Waals surface area (Å²) >= 11 is 0. The van der Waals surface area contributed by atoms with Crippen molar-refractivity contribution in [3.63, 3.8) is 0 Å². The summed E-state index contributed by atoms with van der Waals surface area (Å²) in [5, 5.41) is 4.71. The Morgan fingerprint density at radius 1 is 1.40 bits per heavy atom. The van der Waals surface area contributed by atoms with E-state index in [0.717, 1.165) is 18.6 Å². The number of pyridine rings is 1. The molecule has 1 saturated heterocycles. The summed E-state index contributed by atoms with van der Waals surface area (Å²) < 4.78 is 0. The van der Waals surface area contributed by atoms with Gasteiger partial charge in [-0.3, -0.25) is 4.98 Å². The lowest BCUT2D eigenvalue weighted by Crippen LogP contribution is -2.25. The fraction of sp³-hybridized carbons (Fsp3) is 0.389. The standard InChI is InChI=1S/C18H22N2/c1-3-8-18(9-11-19-13-18)14(2)15-6-7-17-16(12-15)5-4-10-20-17/h4-7,10,12,19H,2-3,8-9,11,13H2,1H3. The number of fused-ring (bicyclic) bond motifs is 1. The molecule has 2 heteroatoms. The molecule has 0 bridgehead atoms. The normalized spacial score (nSPS) is 22.2. The molecule has 0 spiro atoms. The van der Waals surface area contributed by atoms with Crippen molar-refractivity contribution < 1.29 is 0 Å². The smallest absolute Gasteiger partial charge is 0.0702 e. The Balaban J connectivity index is 1.98. The molecule has 20 heavy (non-hydrogen) atoms. The van der Waals surface area contributed by atoms with E-state index in [1.54, 1.807) is 0 Å². The minimum absolute atomic E-state index is 0.241. The van der Waals surface area contributed by atoms with Crippen molar-refractivity contribution in [3.05, 3.63) is 48.7 Å². The number of nitrogens with one attached hydrogen (secondary N) is 1. The predicted octanol–water partition coefficient (Wildman–Crippen LogP) is 4.03. The van der Waals surface area contributed by atoms with Crippen molar-refractivity contribution in [2.75, 3.05) is 13.1 Å². The maximum Gasteiger partial charge on any atom is 0.0702 e. The first kappa shape index (κ1) is 13.3. The maximum absolute atomic E-state index is 4.44. The van der Waals surface area contributed by atoms with Gasteiger partial charge in [0.05, 0.1) is 5.52 Å². The fourth-order valence-corrected chi connectivity index (χ4v) is 3.41. The predicted molar refractivity (Wildman–Crippen MR) is 85.6 cm³/mol. The molecule has 1 aromatic heterocycles. The van der Waals surface area contributed by atoms with Gasteiger partial charge in [0.1, 0.15) is 0 Å². The molecular weight excluding hydrogens is 244 g/mol.